The highest BCUT2D eigenvalue weighted by atomic mass is 16.7. The van der Waals surface area contributed by atoms with E-state index < -0.39 is 29.0 Å². The summed E-state index contributed by atoms with van der Waals surface area (Å²) in [6, 6.07) is 2.25. The van der Waals surface area contributed by atoms with E-state index in [4.69, 9.17) is 4.42 Å². The van der Waals surface area contributed by atoms with Crippen molar-refractivity contribution in [2.24, 2.45) is 0 Å². The van der Waals surface area contributed by atoms with Crippen molar-refractivity contribution in [2.45, 2.75) is 20.1 Å². The van der Waals surface area contributed by atoms with E-state index in [-0.39, 0.29) is 5.76 Å². The Balaban J connectivity index is 2.90. The fourth-order valence-electron chi connectivity index (χ4n) is 1.01. The minimum atomic E-state index is -1.42. The lowest BCUT2D eigenvalue weighted by molar-refractivity contribution is -0.402. The lowest BCUT2D eigenvalue weighted by atomic mass is 10.4. The lowest BCUT2D eigenvalue weighted by Gasteiger charge is -2.13. The van der Waals surface area contributed by atoms with Crippen molar-refractivity contribution in [1.29, 1.82) is 0 Å². The summed E-state index contributed by atoms with van der Waals surface area (Å²) in [5, 5.41) is 10.4. The highest BCUT2D eigenvalue weighted by Crippen LogP contribution is 2.25. The zero-order chi connectivity index (χ0) is 13.0. The molecule has 0 fully saturated rings. The summed E-state index contributed by atoms with van der Waals surface area (Å²) in [6.07, 6.45) is -1.42. The van der Waals surface area contributed by atoms with Crippen LogP contribution in [0.1, 0.15) is 25.9 Å². The first-order chi connectivity index (χ1) is 7.90. The van der Waals surface area contributed by atoms with Crippen LogP contribution in [0.3, 0.4) is 0 Å². The van der Waals surface area contributed by atoms with Gasteiger partial charge in [-0.3, -0.25) is 19.7 Å². The lowest BCUT2D eigenvalue weighted by Crippen LogP contribution is -2.14. The number of nitro groups is 1. The summed E-state index contributed by atoms with van der Waals surface area (Å²) in [6.45, 7) is 2.21. The Bertz CT molecular complexity index is 434. The summed E-state index contributed by atoms with van der Waals surface area (Å²) in [4.78, 5) is 31.1. The fraction of sp³-hybridized carbons (Fsp3) is 0.333. The first kappa shape index (κ1) is 12.7. The van der Waals surface area contributed by atoms with Gasteiger partial charge in [0.05, 0.1) is 6.07 Å². The molecule has 0 saturated carbocycles. The first-order valence-electron chi connectivity index (χ1n) is 4.48. The molecule has 8 nitrogen and oxygen atoms in total. The molecule has 1 aromatic rings. The van der Waals surface area contributed by atoms with Gasteiger partial charge in [-0.2, -0.15) is 0 Å². The zero-order valence-electron chi connectivity index (χ0n) is 9.04. The van der Waals surface area contributed by atoms with Gasteiger partial charge in [0.25, 0.3) is 0 Å². The maximum atomic E-state index is 10.8. The predicted octanol–water partition coefficient (Wildman–Crippen LogP) is 1.31. The van der Waals surface area contributed by atoms with E-state index in [2.05, 4.69) is 9.47 Å². The number of rotatable bonds is 4. The molecule has 0 aliphatic heterocycles. The van der Waals surface area contributed by atoms with E-state index in [1.54, 1.807) is 0 Å². The second-order valence-electron chi connectivity index (χ2n) is 2.98. The number of hydrogen-bond acceptors (Lipinski definition) is 7. The minimum Gasteiger partial charge on any atom is -0.417 e. The highest BCUT2D eigenvalue weighted by Gasteiger charge is 2.24. The zero-order valence-corrected chi connectivity index (χ0v) is 9.04. The Morgan fingerprint density at radius 2 is 1.82 bits per heavy atom. The van der Waals surface area contributed by atoms with Crippen molar-refractivity contribution < 1.29 is 28.4 Å². The highest BCUT2D eigenvalue weighted by molar-refractivity contribution is 5.68. The van der Waals surface area contributed by atoms with E-state index >= 15 is 0 Å². The third kappa shape index (κ3) is 3.59. The topological polar surface area (TPSA) is 109 Å². The maximum Gasteiger partial charge on any atom is 0.433 e. The fourth-order valence-corrected chi connectivity index (χ4v) is 1.01. The Labute approximate surface area is 95.3 Å². The third-order valence-corrected chi connectivity index (χ3v) is 1.57. The minimum absolute atomic E-state index is 0.137. The molecule has 0 radical (unpaired) electrons. The number of hydrogen-bond donors (Lipinski definition) is 0. The summed E-state index contributed by atoms with van der Waals surface area (Å²) in [5.74, 6) is -2.10. The van der Waals surface area contributed by atoms with Crippen LogP contribution in [-0.2, 0) is 19.1 Å². The van der Waals surface area contributed by atoms with Gasteiger partial charge in [-0.1, -0.05) is 0 Å². The van der Waals surface area contributed by atoms with Gasteiger partial charge in [0.15, 0.2) is 5.76 Å². The molecule has 0 spiro atoms. The van der Waals surface area contributed by atoms with Crippen molar-refractivity contribution in [2.75, 3.05) is 0 Å². The average Bonchev–Trinajstić information content (AvgIpc) is 2.63. The molecule has 0 N–H and O–H groups in total. The summed E-state index contributed by atoms with van der Waals surface area (Å²) in [7, 11) is 0. The van der Waals surface area contributed by atoms with Crippen molar-refractivity contribution in [1.82, 2.24) is 0 Å². The summed E-state index contributed by atoms with van der Waals surface area (Å²) < 4.78 is 14.0. The molecule has 0 aromatic carbocycles. The first-order valence-corrected chi connectivity index (χ1v) is 4.48. The van der Waals surface area contributed by atoms with Gasteiger partial charge in [0.2, 0.25) is 0 Å². The van der Waals surface area contributed by atoms with Crippen LogP contribution < -0.4 is 0 Å². The number of carbonyl (C=O) groups excluding carboxylic acids is 2. The van der Waals surface area contributed by atoms with Gasteiger partial charge in [-0.15, -0.1) is 0 Å². The largest absolute Gasteiger partial charge is 0.433 e. The van der Waals surface area contributed by atoms with Crippen LogP contribution in [0.5, 0.6) is 0 Å². The standard InChI is InChI=1S/C9H9NO7/c1-5(11)15-9(16-6(2)12)7-3-4-8(17-7)10(13)14/h3-4,9H,1-2H3. The Morgan fingerprint density at radius 3 is 2.18 bits per heavy atom. The normalized spacial score (nSPS) is 10.1. The van der Waals surface area contributed by atoms with E-state index in [9.17, 15) is 19.7 Å². The van der Waals surface area contributed by atoms with Crippen LogP contribution in [0.2, 0.25) is 0 Å². The van der Waals surface area contributed by atoms with Crippen molar-refractivity contribution in [3.05, 3.63) is 28.0 Å². The molecular weight excluding hydrogens is 234 g/mol. The molecule has 0 amide bonds. The summed E-state index contributed by atoms with van der Waals surface area (Å²) in [5.41, 5.74) is 0. The average molecular weight is 243 g/mol. The number of nitrogens with zero attached hydrogens (tertiary/aromatic N) is 1. The molecule has 1 rings (SSSR count). The molecular formula is C9H9NO7. The van der Waals surface area contributed by atoms with Gasteiger partial charge in [-0.25, -0.2) is 0 Å². The van der Waals surface area contributed by atoms with Crippen molar-refractivity contribution in [3.63, 3.8) is 0 Å². The molecule has 0 aliphatic carbocycles. The predicted molar refractivity (Wildman–Crippen MR) is 51.6 cm³/mol. The second kappa shape index (κ2) is 5.10. The summed E-state index contributed by atoms with van der Waals surface area (Å²) >= 11 is 0. The van der Waals surface area contributed by atoms with Crippen LogP contribution in [0, 0.1) is 10.1 Å². The third-order valence-electron chi connectivity index (χ3n) is 1.57. The van der Waals surface area contributed by atoms with Crippen LogP contribution in [0.25, 0.3) is 0 Å². The van der Waals surface area contributed by atoms with Crippen molar-refractivity contribution >= 4 is 17.8 Å². The molecule has 0 atom stereocenters. The Hall–Kier alpha value is -2.38. The van der Waals surface area contributed by atoms with E-state index in [0.717, 1.165) is 19.9 Å². The molecule has 0 unspecified atom stereocenters. The molecule has 17 heavy (non-hydrogen) atoms. The number of ether oxygens (including phenoxy) is 2. The van der Waals surface area contributed by atoms with Gasteiger partial charge in [0.1, 0.15) is 4.92 Å². The molecule has 0 saturated heterocycles. The van der Waals surface area contributed by atoms with E-state index in [0.29, 0.717) is 0 Å². The molecule has 8 heteroatoms. The van der Waals surface area contributed by atoms with Crippen LogP contribution in [0.15, 0.2) is 16.5 Å². The van der Waals surface area contributed by atoms with Gasteiger partial charge < -0.3 is 13.9 Å². The Morgan fingerprint density at radius 1 is 1.29 bits per heavy atom. The monoisotopic (exact) mass is 243 g/mol. The smallest absolute Gasteiger partial charge is 0.417 e. The van der Waals surface area contributed by atoms with E-state index in [1.807, 2.05) is 0 Å². The van der Waals surface area contributed by atoms with Gasteiger partial charge >= 0.3 is 24.1 Å². The number of furan rings is 1. The Kier molecular flexibility index (Phi) is 3.81. The van der Waals surface area contributed by atoms with Gasteiger partial charge in [-0.05, 0) is 6.07 Å². The number of carbonyl (C=O) groups is 2. The molecule has 92 valence electrons. The molecule has 0 bridgehead atoms. The number of esters is 2. The van der Waals surface area contributed by atoms with E-state index in [1.165, 1.54) is 6.07 Å². The second-order valence-corrected chi connectivity index (χ2v) is 2.98. The molecule has 1 heterocycles. The quantitative estimate of drug-likeness (QED) is 0.339. The van der Waals surface area contributed by atoms with Crippen molar-refractivity contribution in [3.8, 4) is 0 Å². The molecule has 0 aliphatic rings. The SMILES string of the molecule is CC(=O)OC(OC(C)=O)c1ccc([N+](=O)[O-])o1. The maximum absolute atomic E-state index is 10.8. The van der Waals surface area contributed by atoms with Crippen LogP contribution >= 0.6 is 0 Å². The van der Waals surface area contributed by atoms with Crippen LogP contribution in [-0.4, -0.2) is 16.9 Å². The van der Waals surface area contributed by atoms with Gasteiger partial charge in [0, 0.05) is 13.8 Å². The van der Waals surface area contributed by atoms with Crippen LogP contribution in [0.4, 0.5) is 5.88 Å². The molecule has 1 aromatic heterocycles.